The summed E-state index contributed by atoms with van der Waals surface area (Å²) in [6, 6.07) is 15.8. The summed E-state index contributed by atoms with van der Waals surface area (Å²) in [4.78, 5) is 37.9. The van der Waals surface area contributed by atoms with Crippen LogP contribution in [0, 0.1) is 0 Å². The van der Waals surface area contributed by atoms with E-state index in [1.54, 1.807) is 24.3 Å². The molecule has 3 aromatic carbocycles. The van der Waals surface area contributed by atoms with Crippen molar-refractivity contribution in [2.75, 3.05) is 23.9 Å². The van der Waals surface area contributed by atoms with E-state index in [0.717, 1.165) is 43.4 Å². The Labute approximate surface area is 252 Å². The fourth-order valence-electron chi connectivity index (χ4n) is 5.10. The number of rotatable bonds is 10. The van der Waals surface area contributed by atoms with E-state index < -0.39 is 42.4 Å². The number of ether oxygens (including phenoxy) is 1. The Morgan fingerprint density at radius 2 is 1.64 bits per heavy atom. The van der Waals surface area contributed by atoms with Crippen LogP contribution in [0.4, 0.5) is 33.7 Å². The second-order valence-electron chi connectivity index (χ2n) is 10.6. The van der Waals surface area contributed by atoms with Gasteiger partial charge in [0, 0.05) is 23.0 Å². The van der Waals surface area contributed by atoms with Gasteiger partial charge in [0.2, 0.25) is 6.17 Å². The minimum Gasteiger partial charge on any atom is -0.497 e. The van der Waals surface area contributed by atoms with Crippen LogP contribution in [-0.4, -0.2) is 42.8 Å². The molecule has 0 aromatic heterocycles. The topological polar surface area (TPSA) is 108 Å². The molecule has 0 radical (unpaired) electrons. The molecule has 0 saturated heterocycles. The number of nitrogens with zero attached hydrogens (tertiary/aromatic N) is 1. The lowest BCUT2D eigenvalue weighted by atomic mass is 9.84. The molecule has 0 spiro atoms. The number of carbonyl (C=O) groups is 3. The molecule has 1 aliphatic carbocycles. The van der Waals surface area contributed by atoms with E-state index in [2.05, 4.69) is 10.6 Å². The molecule has 0 aliphatic heterocycles. The van der Waals surface area contributed by atoms with E-state index in [1.165, 1.54) is 36.6 Å². The van der Waals surface area contributed by atoms with Crippen molar-refractivity contribution >= 4 is 29.3 Å². The molecule has 3 N–H and O–H groups in total. The van der Waals surface area contributed by atoms with Gasteiger partial charge in [0.15, 0.2) is 0 Å². The lowest BCUT2D eigenvalue weighted by Gasteiger charge is -2.26. The molecule has 1 fully saturated rings. The van der Waals surface area contributed by atoms with Crippen LogP contribution in [0.5, 0.6) is 5.75 Å². The van der Waals surface area contributed by atoms with Crippen molar-refractivity contribution in [3.05, 3.63) is 89.0 Å². The standard InChI is InChI=1S/C32H33F4N3O5/c1-44-27-16-24(32(34,35)36)15-25(17-27)38-31(43)39(26-13-11-22(12-14-26)21-5-3-2-4-6-21)19-20-7-9-23(10-8-20)29(40)37-18-28(33)30(41)42/h7-17,21,28H,2-6,18-19H2,1H3,(H,37,40)(H,38,43)(H,41,42). The minimum absolute atomic E-state index is 0.00181. The first-order valence-corrected chi connectivity index (χ1v) is 14.1. The van der Waals surface area contributed by atoms with Crippen molar-refractivity contribution in [3.63, 3.8) is 0 Å². The normalized spacial score (nSPS) is 14.4. The number of anilines is 2. The molecule has 44 heavy (non-hydrogen) atoms. The number of alkyl halides is 4. The fourth-order valence-corrected chi connectivity index (χ4v) is 5.10. The highest BCUT2D eigenvalue weighted by atomic mass is 19.4. The van der Waals surface area contributed by atoms with Gasteiger partial charge in [-0.2, -0.15) is 13.2 Å². The molecule has 234 valence electrons. The van der Waals surface area contributed by atoms with Gasteiger partial charge in [0.1, 0.15) is 5.75 Å². The van der Waals surface area contributed by atoms with Crippen LogP contribution in [0.2, 0.25) is 0 Å². The van der Waals surface area contributed by atoms with E-state index in [4.69, 9.17) is 9.84 Å². The number of hydrogen-bond donors (Lipinski definition) is 3. The Morgan fingerprint density at radius 3 is 2.23 bits per heavy atom. The summed E-state index contributed by atoms with van der Waals surface area (Å²) in [5.41, 5.74) is 1.31. The average molecular weight is 616 g/mol. The number of benzene rings is 3. The third-order valence-corrected chi connectivity index (χ3v) is 7.51. The lowest BCUT2D eigenvalue weighted by Crippen LogP contribution is -2.35. The Morgan fingerprint density at radius 1 is 0.977 bits per heavy atom. The molecular weight excluding hydrogens is 582 g/mol. The van der Waals surface area contributed by atoms with Gasteiger partial charge < -0.3 is 20.5 Å². The number of halogens is 4. The van der Waals surface area contributed by atoms with Crippen LogP contribution >= 0.6 is 0 Å². The zero-order chi connectivity index (χ0) is 31.9. The monoisotopic (exact) mass is 615 g/mol. The molecular formula is C32H33F4N3O5. The number of hydrogen-bond acceptors (Lipinski definition) is 4. The van der Waals surface area contributed by atoms with Crippen LogP contribution < -0.4 is 20.3 Å². The average Bonchev–Trinajstić information content (AvgIpc) is 3.02. The van der Waals surface area contributed by atoms with E-state index in [9.17, 15) is 31.9 Å². The van der Waals surface area contributed by atoms with Crippen LogP contribution in [0.15, 0.2) is 66.7 Å². The lowest BCUT2D eigenvalue weighted by molar-refractivity contribution is -0.142. The van der Waals surface area contributed by atoms with Gasteiger partial charge in [0.25, 0.3) is 5.91 Å². The van der Waals surface area contributed by atoms with Crippen LogP contribution in [0.25, 0.3) is 0 Å². The summed E-state index contributed by atoms with van der Waals surface area (Å²) >= 11 is 0. The third kappa shape index (κ3) is 8.48. The number of carboxylic acids is 1. The van der Waals surface area contributed by atoms with E-state index >= 15 is 0 Å². The highest BCUT2D eigenvalue weighted by Crippen LogP contribution is 2.35. The minimum atomic E-state index is -4.66. The van der Waals surface area contributed by atoms with Crippen molar-refractivity contribution in [2.45, 2.75) is 56.9 Å². The molecule has 1 aliphatic rings. The number of amides is 3. The Bertz CT molecular complexity index is 1460. The van der Waals surface area contributed by atoms with Gasteiger partial charge in [-0.15, -0.1) is 0 Å². The first-order valence-electron chi connectivity index (χ1n) is 14.1. The second-order valence-corrected chi connectivity index (χ2v) is 10.6. The number of urea groups is 1. The Balaban J connectivity index is 1.57. The highest BCUT2D eigenvalue weighted by molar-refractivity contribution is 6.02. The first kappa shape index (κ1) is 32.3. The predicted octanol–water partition coefficient (Wildman–Crippen LogP) is 7.15. The quantitative estimate of drug-likeness (QED) is 0.210. The SMILES string of the molecule is COc1cc(NC(=O)N(Cc2ccc(C(=O)NCC(F)C(=O)O)cc2)c2ccc(C3CCCCC3)cc2)cc(C(F)(F)F)c1. The van der Waals surface area contributed by atoms with Crippen LogP contribution in [-0.2, 0) is 17.5 Å². The van der Waals surface area contributed by atoms with Crippen LogP contribution in [0.3, 0.4) is 0 Å². The van der Waals surface area contributed by atoms with Gasteiger partial charge >= 0.3 is 18.2 Å². The predicted molar refractivity (Wildman–Crippen MR) is 157 cm³/mol. The maximum atomic E-state index is 13.6. The first-order chi connectivity index (χ1) is 20.9. The van der Waals surface area contributed by atoms with E-state index in [-0.39, 0.29) is 23.5 Å². The van der Waals surface area contributed by atoms with Crippen molar-refractivity contribution in [2.24, 2.45) is 0 Å². The zero-order valence-electron chi connectivity index (χ0n) is 24.0. The van der Waals surface area contributed by atoms with Crippen LogP contribution in [0.1, 0.15) is 65.1 Å². The summed E-state index contributed by atoms with van der Waals surface area (Å²) in [6.45, 7) is -0.695. The van der Waals surface area contributed by atoms with Crippen molar-refractivity contribution in [1.29, 1.82) is 0 Å². The second kappa shape index (κ2) is 14.2. The van der Waals surface area contributed by atoms with Gasteiger partial charge in [-0.1, -0.05) is 43.5 Å². The molecule has 3 aromatic rings. The van der Waals surface area contributed by atoms with Crippen molar-refractivity contribution in [1.82, 2.24) is 5.32 Å². The van der Waals surface area contributed by atoms with Gasteiger partial charge in [-0.25, -0.2) is 14.0 Å². The summed E-state index contributed by atoms with van der Waals surface area (Å²) in [7, 11) is 1.23. The summed E-state index contributed by atoms with van der Waals surface area (Å²) in [5.74, 6) is -2.00. The maximum Gasteiger partial charge on any atom is 0.416 e. The van der Waals surface area contributed by atoms with E-state index in [0.29, 0.717) is 17.2 Å². The molecule has 0 bridgehead atoms. The largest absolute Gasteiger partial charge is 0.497 e. The fraction of sp³-hybridized carbons (Fsp3) is 0.344. The number of carboxylic acid groups (broad SMARTS) is 1. The zero-order valence-corrected chi connectivity index (χ0v) is 24.0. The van der Waals surface area contributed by atoms with Gasteiger partial charge in [-0.05, 0) is 66.3 Å². The summed E-state index contributed by atoms with van der Waals surface area (Å²) in [6.07, 6.45) is -1.21. The number of aliphatic carboxylic acids is 1. The molecule has 12 heteroatoms. The highest BCUT2D eigenvalue weighted by Gasteiger charge is 2.32. The maximum absolute atomic E-state index is 13.6. The molecule has 0 heterocycles. The molecule has 4 rings (SSSR count). The number of methoxy groups -OCH3 is 1. The number of nitrogens with one attached hydrogen (secondary N) is 2. The van der Waals surface area contributed by atoms with E-state index in [1.807, 2.05) is 12.1 Å². The smallest absolute Gasteiger partial charge is 0.416 e. The summed E-state index contributed by atoms with van der Waals surface area (Å²) in [5, 5.41) is 13.4. The molecule has 1 saturated carbocycles. The number of carbonyl (C=O) groups excluding carboxylic acids is 2. The molecule has 8 nitrogen and oxygen atoms in total. The van der Waals surface area contributed by atoms with Crippen molar-refractivity contribution in [3.8, 4) is 5.75 Å². The molecule has 1 unspecified atom stereocenters. The Hall–Kier alpha value is -4.61. The third-order valence-electron chi connectivity index (χ3n) is 7.51. The molecule has 1 atom stereocenters. The Kier molecular flexibility index (Phi) is 10.5. The van der Waals surface area contributed by atoms with Gasteiger partial charge in [-0.3, -0.25) is 9.69 Å². The molecule has 3 amide bonds. The van der Waals surface area contributed by atoms with Crippen molar-refractivity contribution < 1.29 is 41.8 Å². The summed E-state index contributed by atoms with van der Waals surface area (Å²) < 4.78 is 58.8. The van der Waals surface area contributed by atoms with Gasteiger partial charge in [0.05, 0.1) is 25.8 Å².